The van der Waals surface area contributed by atoms with E-state index in [9.17, 15) is 14.4 Å². The summed E-state index contributed by atoms with van der Waals surface area (Å²) in [5.41, 5.74) is 0. The van der Waals surface area contributed by atoms with E-state index in [1.54, 1.807) is 21.6 Å². The van der Waals surface area contributed by atoms with E-state index < -0.39 is 0 Å². The van der Waals surface area contributed by atoms with Gasteiger partial charge in [0.1, 0.15) is 0 Å². The van der Waals surface area contributed by atoms with Crippen LogP contribution in [0.15, 0.2) is 0 Å². The van der Waals surface area contributed by atoms with Crippen LogP contribution in [0.1, 0.15) is 45.4 Å². The van der Waals surface area contributed by atoms with Gasteiger partial charge in [-0.1, -0.05) is 25.7 Å². The number of rotatable bonds is 4. The van der Waals surface area contributed by atoms with Crippen molar-refractivity contribution in [1.29, 1.82) is 0 Å². The lowest BCUT2D eigenvalue weighted by atomic mass is 10.1. The third-order valence-corrected chi connectivity index (χ3v) is 4.79. The molecular weight excluding hydrogens is 282 g/mol. The van der Waals surface area contributed by atoms with Gasteiger partial charge in [0.25, 0.3) is 0 Å². The molecule has 0 atom stereocenters. The van der Waals surface area contributed by atoms with Crippen LogP contribution in [0, 0.1) is 0 Å². The second-order valence-corrected chi connectivity index (χ2v) is 6.31. The molecule has 1 heterocycles. The Hall–Kier alpha value is -1.59. The standard InChI is InChI=1S/C16H27N3O3/c1-14(21)19(15-6-4-2-3-5-7-15)12-16(22)18-10-8-17(13-20)9-11-18/h13,15H,2-12H2,1H3. The molecule has 1 saturated carbocycles. The average Bonchev–Trinajstić information content (AvgIpc) is 2.81. The predicted octanol–water partition coefficient (Wildman–Crippen LogP) is 0.858. The van der Waals surface area contributed by atoms with Gasteiger partial charge in [-0.25, -0.2) is 0 Å². The Morgan fingerprint density at radius 1 is 1.05 bits per heavy atom. The van der Waals surface area contributed by atoms with Crippen molar-refractivity contribution >= 4 is 18.2 Å². The fourth-order valence-electron chi connectivity index (χ4n) is 3.39. The molecule has 22 heavy (non-hydrogen) atoms. The zero-order valence-corrected chi connectivity index (χ0v) is 13.5. The molecule has 6 nitrogen and oxygen atoms in total. The molecule has 0 N–H and O–H groups in total. The van der Waals surface area contributed by atoms with Crippen LogP contribution >= 0.6 is 0 Å². The van der Waals surface area contributed by atoms with E-state index in [1.165, 1.54) is 12.8 Å². The molecule has 0 unspecified atom stereocenters. The van der Waals surface area contributed by atoms with E-state index >= 15 is 0 Å². The first-order valence-corrected chi connectivity index (χ1v) is 8.36. The maximum absolute atomic E-state index is 12.5. The minimum atomic E-state index is -0.00761. The molecule has 0 spiro atoms. The number of carbonyl (C=O) groups excluding carboxylic acids is 3. The SMILES string of the molecule is CC(=O)N(CC(=O)N1CCN(C=O)CC1)C1CCCCCC1. The monoisotopic (exact) mass is 309 g/mol. The van der Waals surface area contributed by atoms with Crippen molar-refractivity contribution in [1.82, 2.24) is 14.7 Å². The quantitative estimate of drug-likeness (QED) is 0.571. The van der Waals surface area contributed by atoms with Crippen molar-refractivity contribution in [2.24, 2.45) is 0 Å². The summed E-state index contributed by atoms with van der Waals surface area (Å²) in [6, 6.07) is 0.209. The van der Waals surface area contributed by atoms with E-state index in [-0.39, 0.29) is 24.4 Å². The second-order valence-electron chi connectivity index (χ2n) is 6.31. The molecule has 1 saturated heterocycles. The van der Waals surface area contributed by atoms with Gasteiger partial charge in [0.05, 0.1) is 6.54 Å². The molecule has 2 rings (SSSR count). The summed E-state index contributed by atoms with van der Waals surface area (Å²) in [4.78, 5) is 40.4. The Morgan fingerprint density at radius 3 is 2.14 bits per heavy atom. The number of hydrogen-bond donors (Lipinski definition) is 0. The van der Waals surface area contributed by atoms with Crippen molar-refractivity contribution in [3.63, 3.8) is 0 Å². The molecule has 0 aromatic rings. The Morgan fingerprint density at radius 2 is 1.64 bits per heavy atom. The van der Waals surface area contributed by atoms with Crippen LogP contribution in [0.3, 0.4) is 0 Å². The highest BCUT2D eigenvalue weighted by Crippen LogP contribution is 2.22. The third kappa shape index (κ3) is 4.45. The van der Waals surface area contributed by atoms with Crippen LogP contribution in [0.25, 0.3) is 0 Å². The minimum absolute atomic E-state index is 0.00463. The van der Waals surface area contributed by atoms with Crippen molar-refractivity contribution in [3.8, 4) is 0 Å². The molecule has 0 aromatic carbocycles. The molecule has 0 aromatic heterocycles. The van der Waals surface area contributed by atoms with E-state index in [2.05, 4.69) is 0 Å². The second kappa shape index (κ2) is 8.15. The van der Waals surface area contributed by atoms with Gasteiger partial charge in [-0.15, -0.1) is 0 Å². The van der Waals surface area contributed by atoms with Crippen LogP contribution in [-0.2, 0) is 14.4 Å². The largest absolute Gasteiger partial charge is 0.342 e. The molecule has 3 amide bonds. The Balaban J connectivity index is 1.91. The lowest BCUT2D eigenvalue weighted by Crippen LogP contribution is -2.52. The maximum atomic E-state index is 12.5. The molecule has 0 bridgehead atoms. The first kappa shape index (κ1) is 16.8. The van der Waals surface area contributed by atoms with Gasteiger partial charge >= 0.3 is 0 Å². The van der Waals surface area contributed by atoms with E-state index in [1.807, 2.05) is 0 Å². The lowest BCUT2D eigenvalue weighted by molar-refractivity contribution is -0.143. The fourth-order valence-corrected chi connectivity index (χ4v) is 3.39. The highest BCUT2D eigenvalue weighted by atomic mass is 16.2. The molecule has 1 aliphatic heterocycles. The smallest absolute Gasteiger partial charge is 0.242 e. The summed E-state index contributed by atoms with van der Waals surface area (Å²) in [5, 5.41) is 0. The molecule has 124 valence electrons. The topological polar surface area (TPSA) is 60.9 Å². The predicted molar refractivity (Wildman–Crippen MR) is 83.1 cm³/mol. The highest BCUT2D eigenvalue weighted by molar-refractivity contribution is 5.84. The van der Waals surface area contributed by atoms with Crippen molar-refractivity contribution < 1.29 is 14.4 Å². The molecule has 2 aliphatic rings. The number of piperazine rings is 1. The molecule has 0 radical (unpaired) electrons. The molecule has 1 aliphatic carbocycles. The van der Waals surface area contributed by atoms with Crippen LogP contribution in [-0.4, -0.2) is 71.7 Å². The summed E-state index contributed by atoms with van der Waals surface area (Å²) in [5.74, 6) is -0.00299. The first-order valence-electron chi connectivity index (χ1n) is 8.36. The maximum Gasteiger partial charge on any atom is 0.242 e. The third-order valence-electron chi connectivity index (χ3n) is 4.79. The summed E-state index contributed by atoms with van der Waals surface area (Å²) in [6.45, 7) is 4.03. The zero-order valence-electron chi connectivity index (χ0n) is 13.5. The zero-order chi connectivity index (χ0) is 15.9. The van der Waals surface area contributed by atoms with E-state index in [4.69, 9.17) is 0 Å². The summed E-state index contributed by atoms with van der Waals surface area (Å²) in [7, 11) is 0. The Labute approximate surface area is 132 Å². The van der Waals surface area contributed by atoms with E-state index in [0.29, 0.717) is 26.2 Å². The number of amides is 3. The van der Waals surface area contributed by atoms with Gasteiger partial charge in [-0.2, -0.15) is 0 Å². The highest BCUT2D eigenvalue weighted by Gasteiger charge is 2.27. The Kier molecular flexibility index (Phi) is 6.21. The average molecular weight is 309 g/mol. The van der Waals surface area contributed by atoms with Gasteiger partial charge in [-0.05, 0) is 12.8 Å². The molecule has 6 heteroatoms. The summed E-state index contributed by atoms with van der Waals surface area (Å²) >= 11 is 0. The van der Waals surface area contributed by atoms with Gasteiger partial charge < -0.3 is 14.7 Å². The van der Waals surface area contributed by atoms with Crippen molar-refractivity contribution in [2.45, 2.75) is 51.5 Å². The van der Waals surface area contributed by atoms with Gasteiger partial charge in [-0.3, -0.25) is 14.4 Å². The number of nitrogens with zero attached hydrogens (tertiary/aromatic N) is 3. The fraction of sp³-hybridized carbons (Fsp3) is 0.812. The number of carbonyl (C=O) groups is 3. The van der Waals surface area contributed by atoms with Gasteiger partial charge in [0.15, 0.2) is 0 Å². The van der Waals surface area contributed by atoms with Crippen molar-refractivity contribution in [3.05, 3.63) is 0 Å². The summed E-state index contributed by atoms with van der Waals surface area (Å²) in [6.07, 6.45) is 7.57. The van der Waals surface area contributed by atoms with E-state index in [0.717, 1.165) is 32.1 Å². The van der Waals surface area contributed by atoms with Gasteiger partial charge in [0.2, 0.25) is 18.2 Å². The van der Waals surface area contributed by atoms with Crippen LogP contribution in [0.2, 0.25) is 0 Å². The first-order chi connectivity index (χ1) is 10.6. The van der Waals surface area contributed by atoms with Crippen molar-refractivity contribution in [2.75, 3.05) is 32.7 Å². The van der Waals surface area contributed by atoms with Crippen LogP contribution in [0.4, 0.5) is 0 Å². The lowest BCUT2D eigenvalue weighted by Gasteiger charge is -2.36. The molecule has 2 fully saturated rings. The normalized spacial score (nSPS) is 20.4. The molecular formula is C16H27N3O3. The van der Waals surface area contributed by atoms with Crippen LogP contribution in [0.5, 0.6) is 0 Å². The minimum Gasteiger partial charge on any atom is -0.342 e. The Bertz CT molecular complexity index is 397. The number of hydrogen-bond acceptors (Lipinski definition) is 3. The van der Waals surface area contributed by atoms with Gasteiger partial charge in [0, 0.05) is 39.1 Å². The summed E-state index contributed by atoms with van der Waals surface area (Å²) < 4.78 is 0. The van der Waals surface area contributed by atoms with Crippen LogP contribution < -0.4 is 0 Å².